The standard InChI is InChI=1S/C14H21NO3S/c1-4-11(2)14(16)15-10-9-12-5-7-13(8-6-12)19(3,17)18/h5-8,11H,4,9-10H2,1-3H3,(H,15,16). The van der Waals surface area contributed by atoms with E-state index >= 15 is 0 Å². The summed E-state index contributed by atoms with van der Waals surface area (Å²) >= 11 is 0. The number of carbonyl (C=O) groups is 1. The van der Waals surface area contributed by atoms with Gasteiger partial charge in [0.25, 0.3) is 0 Å². The zero-order valence-corrected chi connectivity index (χ0v) is 12.5. The highest BCUT2D eigenvalue weighted by molar-refractivity contribution is 7.90. The van der Waals surface area contributed by atoms with Crippen LogP contribution in [0.4, 0.5) is 0 Å². The lowest BCUT2D eigenvalue weighted by atomic mass is 10.1. The van der Waals surface area contributed by atoms with Crippen LogP contribution in [0.25, 0.3) is 0 Å². The molecule has 0 aliphatic carbocycles. The summed E-state index contributed by atoms with van der Waals surface area (Å²) in [5.41, 5.74) is 1.01. The molecule has 0 saturated heterocycles. The zero-order valence-electron chi connectivity index (χ0n) is 11.6. The van der Waals surface area contributed by atoms with Gasteiger partial charge in [0.2, 0.25) is 5.91 Å². The van der Waals surface area contributed by atoms with Gasteiger partial charge < -0.3 is 5.32 Å². The van der Waals surface area contributed by atoms with Crippen LogP contribution in [0.5, 0.6) is 0 Å². The monoisotopic (exact) mass is 283 g/mol. The fourth-order valence-electron chi connectivity index (χ4n) is 1.59. The predicted octanol–water partition coefficient (Wildman–Crippen LogP) is 1.79. The fourth-order valence-corrected chi connectivity index (χ4v) is 2.22. The van der Waals surface area contributed by atoms with E-state index in [-0.39, 0.29) is 11.8 Å². The lowest BCUT2D eigenvalue weighted by Crippen LogP contribution is -2.30. The van der Waals surface area contributed by atoms with E-state index in [4.69, 9.17) is 0 Å². The van der Waals surface area contributed by atoms with Gasteiger partial charge in [0.05, 0.1) is 4.90 Å². The Morgan fingerprint density at radius 1 is 1.26 bits per heavy atom. The molecule has 0 aliphatic rings. The van der Waals surface area contributed by atoms with Gasteiger partial charge in [0, 0.05) is 18.7 Å². The number of hydrogen-bond donors (Lipinski definition) is 1. The molecule has 0 aromatic heterocycles. The molecular formula is C14H21NO3S. The van der Waals surface area contributed by atoms with Gasteiger partial charge in [-0.1, -0.05) is 26.0 Å². The quantitative estimate of drug-likeness (QED) is 0.866. The number of rotatable bonds is 6. The van der Waals surface area contributed by atoms with Gasteiger partial charge >= 0.3 is 0 Å². The number of amides is 1. The van der Waals surface area contributed by atoms with E-state index in [1.807, 2.05) is 13.8 Å². The van der Waals surface area contributed by atoms with Crippen molar-refractivity contribution in [1.82, 2.24) is 5.32 Å². The molecule has 0 saturated carbocycles. The van der Waals surface area contributed by atoms with E-state index < -0.39 is 9.84 Å². The second-order valence-electron chi connectivity index (χ2n) is 4.77. The van der Waals surface area contributed by atoms with Gasteiger partial charge in [-0.2, -0.15) is 0 Å². The average Bonchev–Trinajstić information content (AvgIpc) is 2.37. The molecule has 106 valence electrons. The number of carbonyl (C=O) groups excluding carboxylic acids is 1. The Bertz CT molecular complexity index is 520. The number of nitrogens with one attached hydrogen (secondary N) is 1. The van der Waals surface area contributed by atoms with E-state index in [0.717, 1.165) is 12.0 Å². The molecule has 19 heavy (non-hydrogen) atoms. The van der Waals surface area contributed by atoms with Crippen LogP contribution < -0.4 is 5.32 Å². The maximum atomic E-state index is 11.6. The van der Waals surface area contributed by atoms with Gasteiger partial charge in [-0.3, -0.25) is 4.79 Å². The first-order valence-corrected chi connectivity index (χ1v) is 8.30. The summed E-state index contributed by atoms with van der Waals surface area (Å²) in [5.74, 6) is 0.0999. The largest absolute Gasteiger partial charge is 0.356 e. The molecule has 0 aliphatic heterocycles. The minimum Gasteiger partial charge on any atom is -0.356 e. The van der Waals surface area contributed by atoms with Crippen molar-refractivity contribution in [3.8, 4) is 0 Å². The first-order chi connectivity index (χ1) is 8.84. The van der Waals surface area contributed by atoms with E-state index in [9.17, 15) is 13.2 Å². The first kappa shape index (κ1) is 15.7. The predicted molar refractivity (Wildman–Crippen MR) is 75.7 cm³/mol. The van der Waals surface area contributed by atoms with Crippen molar-refractivity contribution in [3.63, 3.8) is 0 Å². The fraction of sp³-hybridized carbons (Fsp3) is 0.500. The molecule has 1 amide bonds. The van der Waals surface area contributed by atoms with Crippen molar-refractivity contribution in [2.75, 3.05) is 12.8 Å². The van der Waals surface area contributed by atoms with Crippen molar-refractivity contribution < 1.29 is 13.2 Å². The van der Waals surface area contributed by atoms with Crippen LogP contribution >= 0.6 is 0 Å². The summed E-state index contributed by atoms with van der Waals surface area (Å²) in [7, 11) is -3.14. The van der Waals surface area contributed by atoms with Crippen LogP contribution in [0.2, 0.25) is 0 Å². The highest BCUT2D eigenvalue weighted by atomic mass is 32.2. The van der Waals surface area contributed by atoms with Gasteiger partial charge in [0.15, 0.2) is 9.84 Å². The van der Waals surface area contributed by atoms with E-state index in [1.54, 1.807) is 24.3 Å². The summed E-state index contributed by atoms with van der Waals surface area (Å²) in [6.07, 6.45) is 2.72. The molecule has 0 radical (unpaired) electrons. The summed E-state index contributed by atoms with van der Waals surface area (Å²) in [6.45, 7) is 4.45. The lowest BCUT2D eigenvalue weighted by Gasteiger charge is -2.10. The van der Waals surface area contributed by atoms with Crippen molar-refractivity contribution in [3.05, 3.63) is 29.8 Å². The van der Waals surface area contributed by atoms with Crippen LogP contribution in [-0.4, -0.2) is 27.1 Å². The molecular weight excluding hydrogens is 262 g/mol. The Balaban J connectivity index is 2.49. The van der Waals surface area contributed by atoms with Crippen molar-refractivity contribution in [1.29, 1.82) is 0 Å². The zero-order chi connectivity index (χ0) is 14.5. The Hall–Kier alpha value is -1.36. The maximum Gasteiger partial charge on any atom is 0.222 e. The van der Waals surface area contributed by atoms with E-state index in [2.05, 4.69) is 5.32 Å². The third-order valence-corrected chi connectivity index (χ3v) is 4.25. The smallest absolute Gasteiger partial charge is 0.222 e. The van der Waals surface area contributed by atoms with Gasteiger partial charge in [-0.15, -0.1) is 0 Å². The molecule has 0 fully saturated rings. The third kappa shape index (κ3) is 5.03. The summed E-state index contributed by atoms with van der Waals surface area (Å²) in [4.78, 5) is 11.9. The summed E-state index contributed by atoms with van der Waals surface area (Å²) in [6, 6.07) is 6.76. The maximum absolute atomic E-state index is 11.6. The highest BCUT2D eigenvalue weighted by Gasteiger charge is 2.09. The Morgan fingerprint density at radius 2 is 1.84 bits per heavy atom. The summed E-state index contributed by atoms with van der Waals surface area (Å²) < 4.78 is 22.6. The van der Waals surface area contributed by atoms with Crippen LogP contribution in [-0.2, 0) is 21.1 Å². The van der Waals surface area contributed by atoms with Crippen LogP contribution in [0, 0.1) is 5.92 Å². The van der Waals surface area contributed by atoms with Crippen LogP contribution in [0.1, 0.15) is 25.8 Å². The highest BCUT2D eigenvalue weighted by Crippen LogP contribution is 2.10. The SMILES string of the molecule is CCC(C)C(=O)NCCc1ccc(S(C)(=O)=O)cc1. The topological polar surface area (TPSA) is 63.2 Å². The van der Waals surface area contributed by atoms with Crippen molar-refractivity contribution >= 4 is 15.7 Å². The molecule has 1 rings (SSSR count). The molecule has 1 aromatic carbocycles. The molecule has 1 unspecified atom stereocenters. The Labute approximate surface area is 115 Å². The molecule has 0 heterocycles. The third-order valence-electron chi connectivity index (χ3n) is 3.12. The van der Waals surface area contributed by atoms with E-state index in [0.29, 0.717) is 17.9 Å². The minimum absolute atomic E-state index is 0.0348. The number of sulfone groups is 1. The van der Waals surface area contributed by atoms with E-state index in [1.165, 1.54) is 6.26 Å². The van der Waals surface area contributed by atoms with Crippen molar-refractivity contribution in [2.45, 2.75) is 31.6 Å². The molecule has 1 N–H and O–H groups in total. The average molecular weight is 283 g/mol. The van der Waals surface area contributed by atoms with Crippen LogP contribution in [0.15, 0.2) is 29.2 Å². The molecule has 0 bridgehead atoms. The molecule has 1 aromatic rings. The van der Waals surface area contributed by atoms with Gasteiger partial charge in [-0.05, 0) is 30.5 Å². The molecule has 5 heteroatoms. The second-order valence-corrected chi connectivity index (χ2v) is 6.78. The van der Waals surface area contributed by atoms with Gasteiger partial charge in [0.1, 0.15) is 0 Å². The normalized spacial score (nSPS) is 13.0. The Kier molecular flexibility index (Phi) is 5.54. The molecule has 1 atom stereocenters. The minimum atomic E-state index is -3.14. The summed E-state index contributed by atoms with van der Waals surface area (Å²) in [5, 5.41) is 2.87. The lowest BCUT2D eigenvalue weighted by molar-refractivity contribution is -0.124. The number of hydrogen-bond acceptors (Lipinski definition) is 3. The molecule has 0 spiro atoms. The van der Waals surface area contributed by atoms with Gasteiger partial charge in [-0.25, -0.2) is 8.42 Å². The Morgan fingerprint density at radius 3 is 2.32 bits per heavy atom. The number of benzene rings is 1. The van der Waals surface area contributed by atoms with Crippen molar-refractivity contribution in [2.24, 2.45) is 5.92 Å². The molecule has 4 nitrogen and oxygen atoms in total. The first-order valence-electron chi connectivity index (χ1n) is 6.41. The van der Waals surface area contributed by atoms with Crippen LogP contribution in [0.3, 0.4) is 0 Å². The second kappa shape index (κ2) is 6.70.